The van der Waals surface area contributed by atoms with Crippen LogP contribution in [0.15, 0.2) is 16.7 Å². The fourth-order valence-corrected chi connectivity index (χ4v) is 2.99. The van der Waals surface area contributed by atoms with E-state index in [1.54, 1.807) is 6.20 Å². The highest BCUT2D eigenvalue weighted by Gasteiger charge is 2.26. The van der Waals surface area contributed by atoms with E-state index in [2.05, 4.69) is 25.8 Å². The van der Waals surface area contributed by atoms with Crippen LogP contribution in [-0.4, -0.2) is 29.3 Å². The van der Waals surface area contributed by atoms with Crippen molar-refractivity contribution in [3.05, 3.63) is 16.7 Å². The summed E-state index contributed by atoms with van der Waals surface area (Å²) in [4.78, 5) is 6.73. The number of aliphatic hydroxyl groups excluding tert-OH is 1. The molecule has 0 bridgehead atoms. The lowest BCUT2D eigenvalue weighted by Gasteiger charge is -2.26. The van der Waals surface area contributed by atoms with Crippen molar-refractivity contribution in [2.24, 2.45) is 0 Å². The molecule has 1 aliphatic heterocycles. The number of nitrogen functional groups attached to an aromatic ring is 1. The van der Waals surface area contributed by atoms with Crippen LogP contribution in [-0.2, 0) is 0 Å². The van der Waals surface area contributed by atoms with Crippen molar-refractivity contribution >= 4 is 27.4 Å². The number of halogens is 1. The first kappa shape index (κ1) is 12.6. The van der Waals surface area contributed by atoms with Crippen LogP contribution >= 0.6 is 15.9 Å². The molecule has 0 aromatic carbocycles. The Kier molecular flexibility index (Phi) is 4.23. The summed E-state index contributed by atoms with van der Waals surface area (Å²) in [6.07, 6.45) is 5.94. The summed E-state index contributed by atoms with van der Waals surface area (Å²) in [5, 5.41) is 8.91. The fraction of sp³-hybridized carbons (Fsp3) is 0.583. The molecule has 1 aromatic rings. The SMILES string of the molecule is Nc1cnc(N2CCCC2CCCO)c(Br)c1. The van der Waals surface area contributed by atoms with Crippen LogP contribution in [0, 0.1) is 0 Å². The fourth-order valence-electron chi connectivity index (χ4n) is 2.40. The zero-order chi connectivity index (χ0) is 12.3. The summed E-state index contributed by atoms with van der Waals surface area (Å²) in [5.74, 6) is 0.972. The van der Waals surface area contributed by atoms with Gasteiger partial charge < -0.3 is 15.7 Å². The molecule has 0 spiro atoms. The molecule has 0 radical (unpaired) electrons. The second-order valence-corrected chi connectivity index (χ2v) is 5.28. The minimum Gasteiger partial charge on any atom is -0.397 e. The molecule has 1 aromatic heterocycles. The van der Waals surface area contributed by atoms with Crippen LogP contribution in [0.2, 0.25) is 0 Å². The minimum atomic E-state index is 0.265. The molecule has 1 saturated heterocycles. The maximum Gasteiger partial charge on any atom is 0.143 e. The molecule has 1 aliphatic rings. The number of rotatable bonds is 4. The lowest BCUT2D eigenvalue weighted by atomic mass is 10.1. The van der Waals surface area contributed by atoms with Gasteiger partial charge in [-0.15, -0.1) is 0 Å². The third-order valence-corrected chi connectivity index (χ3v) is 3.77. The predicted octanol–water partition coefficient (Wildman–Crippen LogP) is 2.17. The molecule has 1 atom stereocenters. The number of anilines is 2. The Balaban J connectivity index is 2.14. The summed E-state index contributed by atoms with van der Waals surface area (Å²) in [6, 6.07) is 2.39. The van der Waals surface area contributed by atoms with E-state index in [-0.39, 0.29) is 6.61 Å². The number of hydrogen-bond acceptors (Lipinski definition) is 4. The summed E-state index contributed by atoms with van der Waals surface area (Å²) in [7, 11) is 0. The highest BCUT2D eigenvalue weighted by molar-refractivity contribution is 9.10. The summed E-state index contributed by atoms with van der Waals surface area (Å²) < 4.78 is 0.952. The molecule has 2 heterocycles. The normalized spacial score (nSPS) is 19.9. The molecular weight excluding hydrogens is 282 g/mol. The van der Waals surface area contributed by atoms with E-state index in [9.17, 15) is 0 Å². The topological polar surface area (TPSA) is 62.4 Å². The van der Waals surface area contributed by atoms with E-state index < -0.39 is 0 Å². The van der Waals surface area contributed by atoms with Gasteiger partial charge in [0.05, 0.1) is 16.4 Å². The zero-order valence-electron chi connectivity index (χ0n) is 9.77. The van der Waals surface area contributed by atoms with Crippen LogP contribution in [0.25, 0.3) is 0 Å². The molecule has 0 aliphatic carbocycles. The van der Waals surface area contributed by atoms with Crippen LogP contribution in [0.1, 0.15) is 25.7 Å². The number of nitrogens with zero attached hydrogens (tertiary/aromatic N) is 2. The maximum atomic E-state index is 8.91. The lowest BCUT2D eigenvalue weighted by molar-refractivity contribution is 0.279. The van der Waals surface area contributed by atoms with Crippen molar-refractivity contribution in [2.75, 3.05) is 23.8 Å². The Morgan fingerprint density at radius 1 is 1.59 bits per heavy atom. The van der Waals surface area contributed by atoms with Crippen LogP contribution in [0.3, 0.4) is 0 Å². The standard InChI is InChI=1S/C12H18BrN3O/c13-11-7-9(14)8-15-12(11)16-5-1-3-10(16)4-2-6-17/h7-8,10,17H,1-6,14H2. The van der Waals surface area contributed by atoms with Gasteiger partial charge in [0.2, 0.25) is 0 Å². The van der Waals surface area contributed by atoms with Crippen molar-refractivity contribution in [3.63, 3.8) is 0 Å². The second-order valence-electron chi connectivity index (χ2n) is 4.43. The predicted molar refractivity (Wildman–Crippen MR) is 73.0 cm³/mol. The Morgan fingerprint density at radius 3 is 3.12 bits per heavy atom. The van der Waals surface area contributed by atoms with Crippen LogP contribution in [0.4, 0.5) is 11.5 Å². The Morgan fingerprint density at radius 2 is 2.41 bits per heavy atom. The van der Waals surface area contributed by atoms with Crippen molar-refractivity contribution in [3.8, 4) is 0 Å². The number of aromatic nitrogens is 1. The van der Waals surface area contributed by atoms with Gasteiger partial charge in [0.1, 0.15) is 5.82 Å². The van der Waals surface area contributed by atoms with Gasteiger partial charge in [0, 0.05) is 19.2 Å². The van der Waals surface area contributed by atoms with Crippen molar-refractivity contribution < 1.29 is 5.11 Å². The monoisotopic (exact) mass is 299 g/mol. The van der Waals surface area contributed by atoms with E-state index in [1.165, 1.54) is 12.8 Å². The van der Waals surface area contributed by atoms with Gasteiger partial charge in [-0.05, 0) is 47.7 Å². The van der Waals surface area contributed by atoms with Gasteiger partial charge in [-0.2, -0.15) is 0 Å². The highest BCUT2D eigenvalue weighted by Crippen LogP contribution is 2.32. The average molecular weight is 300 g/mol. The third kappa shape index (κ3) is 2.90. The summed E-state index contributed by atoms with van der Waals surface area (Å²) in [5.41, 5.74) is 6.37. The molecule has 1 fully saturated rings. The first-order valence-corrected chi connectivity index (χ1v) is 6.80. The van der Waals surface area contributed by atoms with Gasteiger partial charge in [-0.1, -0.05) is 0 Å². The number of pyridine rings is 1. The molecule has 5 heteroatoms. The van der Waals surface area contributed by atoms with E-state index in [1.807, 2.05) is 6.07 Å². The van der Waals surface area contributed by atoms with Gasteiger partial charge in [-0.25, -0.2) is 4.98 Å². The van der Waals surface area contributed by atoms with E-state index in [4.69, 9.17) is 10.8 Å². The number of hydrogen-bond donors (Lipinski definition) is 2. The largest absolute Gasteiger partial charge is 0.397 e. The quantitative estimate of drug-likeness (QED) is 0.894. The van der Waals surface area contributed by atoms with Gasteiger partial charge >= 0.3 is 0 Å². The Hall–Kier alpha value is -0.810. The average Bonchev–Trinajstić information content (AvgIpc) is 2.74. The number of aliphatic hydroxyl groups is 1. The Labute approximate surface area is 110 Å². The van der Waals surface area contributed by atoms with Crippen molar-refractivity contribution in [1.82, 2.24) is 4.98 Å². The molecule has 17 heavy (non-hydrogen) atoms. The molecule has 2 rings (SSSR count). The van der Waals surface area contributed by atoms with Gasteiger partial charge in [-0.3, -0.25) is 0 Å². The van der Waals surface area contributed by atoms with Crippen LogP contribution < -0.4 is 10.6 Å². The molecular formula is C12H18BrN3O. The first-order valence-electron chi connectivity index (χ1n) is 6.01. The molecule has 94 valence electrons. The summed E-state index contributed by atoms with van der Waals surface area (Å²) >= 11 is 3.52. The molecule has 4 nitrogen and oxygen atoms in total. The minimum absolute atomic E-state index is 0.265. The first-order chi connectivity index (χ1) is 8.22. The van der Waals surface area contributed by atoms with Gasteiger partial charge in [0.25, 0.3) is 0 Å². The number of nitrogens with two attached hydrogens (primary N) is 1. The van der Waals surface area contributed by atoms with E-state index in [0.717, 1.165) is 29.7 Å². The Bertz CT molecular complexity index is 386. The van der Waals surface area contributed by atoms with Gasteiger partial charge in [0.15, 0.2) is 0 Å². The molecule has 0 saturated carbocycles. The van der Waals surface area contributed by atoms with Crippen molar-refractivity contribution in [1.29, 1.82) is 0 Å². The zero-order valence-corrected chi connectivity index (χ0v) is 11.4. The van der Waals surface area contributed by atoms with E-state index >= 15 is 0 Å². The maximum absolute atomic E-state index is 8.91. The van der Waals surface area contributed by atoms with Crippen molar-refractivity contribution in [2.45, 2.75) is 31.7 Å². The van der Waals surface area contributed by atoms with E-state index in [0.29, 0.717) is 11.7 Å². The highest BCUT2D eigenvalue weighted by atomic mass is 79.9. The molecule has 3 N–H and O–H groups in total. The molecule has 1 unspecified atom stereocenters. The third-order valence-electron chi connectivity index (χ3n) is 3.19. The second kappa shape index (κ2) is 5.69. The van der Waals surface area contributed by atoms with Crippen LogP contribution in [0.5, 0.6) is 0 Å². The molecule has 0 amide bonds. The smallest absolute Gasteiger partial charge is 0.143 e. The summed E-state index contributed by atoms with van der Waals surface area (Å²) in [6.45, 7) is 1.30. The lowest BCUT2D eigenvalue weighted by Crippen LogP contribution is -2.30.